The summed E-state index contributed by atoms with van der Waals surface area (Å²) in [6, 6.07) is 9.60. The number of rotatable bonds is 2. The van der Waals surface area contributed by atoms with E-state index < -0.39 is 5.91 Å². The molecule has 0 aliphatic carbocycles. The lowest BCUT2D eigenvalue weighted by molar-refractivity contribution is 0.101. The third kappa shape index (κ3) is 2.42. The molecule has 1 N–H and O–H groups in total. The van der Waals surface area contributed by atoms with Gasteiger partial charge in [-0.05, 0) is 32.0 Å². The smallest absolute Gasteiger partial charge is 0.295 e. The molecule has 3 aromatic heterocycles. The number of nitrogens with one attached hydrogen (secondary N) is 1. The summed E-state index contributed by atoms with van der Waals surface area (Å²) in [5, 5.41) is 7.48. The number of hydrogen-bond donors (Lipinski definition) is 1. The van der Waals surface area contributed by atoms with Gasteiger partial charge in [0, 0.05) is 11.4 Å². The zero-order valence-corrected chi connectivity index (χ0v) is 13.3. The van der Waals surface area contributed by atoms with Gasteiger partial charge in [-0.2, -0.15) is 4.98 Å². The number of para-hydroxylation sites is 1. The Bertz CT molecular complexity index is 1020. The molecule has 114 valence electrons. The van der Waals surface area contributed by atoms with Crippen LogP contribution in [-0.4, -0.2) is 30.5 Å². The molecule has 0 saturated carbocycles. The third-order valence-electron chi connectivity index (χ3n) is 3.34. The number of thiazole rings is 1. The molecule has 0 radical (unpaired) electrons. The molecule has 0 saturated heterocycles. The van der Waals surface area contributed by atoms with E-state index in [1.807, 2.05) is 44.2 Å². The van der Waals surface area contributed by atoms with E-state index in [0.717, 1.165) is 21.6 Å². The second-order valence-corrected chi connectivity index (χ2v) is 6.16. The molecule has 0 aliphatic rings. The number of nitrogens with zero attached hydrogens (tertiary/aromatic N) is 5. The van der Waals surface area contributed by atoms with Crippen LogP contribution in [0.3, 0.4) is 0 Å². The molecule has 0 spiro atoms. The van der Waals surface area contributed by atoms with Gasteiger partial charge in [0.25, 0.3) is 11.7 Å². The van der Waals surface area contributed by atoms with Crippen molar-refractivity contribution in [3.05, 3.63) is 47.5 Å². The van der Waals surface area contributed by atoms with Crippen molar-refractivity contribution in [3.8, 4) is 0 Å². The lowest BCUT2D eigenvalue weighted by Crippen LogP contribution is -2.13. The summed E-state index contributed by atoms with van der Waals surface area (Å²) in [6.45, 7) is 3.77. The number of fused-ring (bicyclic) bond motifs is 2. The molecule has 8 heteroatoms. The average Bonchev–Trinajstić information content (AvgIpc) is 3.10. The fourth-order valence-corrected chi connectivity index (χ4v) is 3.20. The maximum atomic E-state index is 12.3. The molecule has 4 aromatic rings. The van der Waals surface area contributed by atoms with Crippen molar-refractivity contribution in [1.82, 2.24) is 24.6 Å². The van der Waals surface area contributed by atoms with E-state index in [0.29, 0.717) is 10.9 Å². The molecular weight excluding hydrogens is 312 g/mol. The first-order valence-electron chi connectivity index (χ1n) is 6.98. The Labute approximate surface area is 135 Å². The highest BCUT2D eigenvalue weighted by Gasteiger charge is 2.16. The zero-order chi connectivity index (χ0) is 16.0. The number of aryl methyl sites for hydroxylation is 2. The number of amides is 1. The molecule has 0 aliphatic heterocycles. The summed E-state index contributed by atoms with van der Waals surface area (Å²) in [4.78, 5) is 25.2. The van der Waals surface area contributed by atoms with Crippen molar-refractivity contribution in [3.63, 3.8) is 0 Å². The van der Waals surface area contributed by atoms with Gasteiger partial charge in [-0.1, -0.05) is 23.5 Å². The second-order valence-electron chi connectivity index (χ2n) is 5.13. The van der Waals surface area contributed by atoms with Gasteiger partial charge in [-0.25, -0.2) is 14.5 Å². The molecule has 1 aromatic carbocycles. The standard InChI is InChI=1S/C15H12N6OS/c1-8-7-9(2)21-14(16-8)18-12(20-21)13(22)19-15-17-10-5-3-4-6-11(10)23-15/h3-7H,1-2H3,(H,17,19,22). The quantitative estimate of drug-likeness (QED) is 0.612. The van der Waals surface area contributed by atoms with E-state index >= 15 is 0 Å². The number of anilines is 1. The Balaban J connectivity index is 1.67. The zero-order valence-electron chi connectivity index (χ0n) is 12.4. The molecule has 23 heavy (non-hydrogen) atoms. The van der Waals surface area contributed by atoms with Gasteiger partial charge < -0.3 is 0 Å². The Morgan fingerprint density at radius 1 is 1.17 bits per heavy atom. The van der Waals surface area contributed by atoms with Gasteiger partial charge in [0.2, 0.25) is 5.82 Å². The predicted octanol–water partition coefficient (Wildman–Crippen LogP) is 2.60. The van der Waals surface area contributed by atoms with Crippen molar-refractivity contribution < 1.29 is 4.79 Å². The van der Waals surface area contributed by atoms with Crippen LogP contribution in [0.25, 0.3) is 16.0 Å². The first-order valence-corrected chi connectivity index (χ1v) is 7.80. The molecule has 7 nitrogen and oxygen atoms in total. The molecular formula is C15H12N6OS. The third-order valence-corrected chi connectivity index (χ3v) is 4.29. The van der Waals surface area contributed by atoms with E-state index in [-0.39, 0.29) is 5.82 Å². The van der Waals surface area contributed by atoms with Gasteiger partial charge in [0.15, 0.2) is 5.13 Å². The Kier molecular flexibility index (Phi) is 3.05. The summed E-state index contributed by atoms with van der Waals surface area (Å²) in [5.41, 5.74) is 2.56. The van der Waals surface area contributed by atoms with Gasteiger partial charge in [0.1, 0.15) is 0 Å². The molecule has 0 fully saturated rings. The van der Waals surface area contributed by atoms with E-state index in [9.17, 15) is 4.79 Å². The lowest BCUT2D eigenvalue weighted by atomic mass is 10.3. The minimum absolute atomic E-state index is 0.0745. The average molecular weight is 324 g/mol. The van der Waals surface area contributed by atoms with Crippen molar-refractivity contribution in [2.24, 2.45) is 0 Å². The number of aromatic nitrogens is 5. The summed E-state index contributed by atoms with van der Waals surface area (Å²) in [5.74, 6) is 0.0917. The molecule has 0 bridgehead atoms. The van der Waals surface area contributed by atoms with Crippen molar-refractivity contribution in [1.29, 1.82) is 0 Å². The lowest BCUT2D eigenvalue weighted by Gasteiger charge is -1.97. The highest BCUT2D eigenvalue weighted by atomic mass is 32.1. The maximum Gasteiger partial charge on any atom is 0.297 e. The van der Waals surface area contributed by atoms with Crippen LogP contribution in [-0.2, 0) is 0 Å². The first-order chi connectivity index (χ1) is 11.1. The van der Waals surface area contributed by atoms with Crippen LogP contribution < -0.4 is 5.32 Å². The Morgan fingerprint density at radius 3 is 2.83 bits per heavy atom. The van der Waals surface area contributed by atoms with Crippen LogP contribution >= 0.6 is 11.3 Å². The highest BCUT2D eigenvalue weighted by Crippen LogP contribution is 2.25. The first kappa shape index (κ1) is 13.8. The number of carbonyl (C=O) groups is 1. The van der Waals surface area contributed by atoms with Crippen LogP contribution in [0.1, 0.15) is 22.0 Å². The molecule has 3 heterocycles. The summed E-state index contributed by atoms with van der Waals surface area (Å²) < 4.78 is 2.57. The second kappa shape index (κ2) is 5.10. The molecule has 4 rings (SSSR count). The number of carbonyl (C=O) groups excluding carboxylic acids is 1. The van der Waals surface area contributed by atoms with E-state index in [1.54, 1.807) is 4.52 Å². The SMILES string of the molecule is Cc1cc(C)n2nc(C(=O)Nc3nc4ccccc4s3)nc2n1. The van der Waals surface area contributed by atoms with Gasteiger partial charge in [-0.15, -0.1) is 5.10 Å². The van der Waals surface area contributed by atoms with Crippen LogP contribution in [0.2, 0.25) is 0 Å². The van der Waals surface area contributed by atoms with Gasteiger partial charge in [0.05, 0.1) is 10.2 Å². The van der Waals surface area contributed by atoms with Crippen LogP contribution in [0.15, 0.2) is 30.3 Å². The number of hydrogen-bond acceptors (Lipinski definition) is 6. The largest absolute Gasteiger partial charge is 0.297 e. The Morgan fingerprint density at radius 2 is 2.00 bits per heavy atom. The summed E-state index contributed by atoms with van der Waals surface area (Å²) in [7, 11) is 0. The van der Waals surface area contributed by atoms with E-state index in [2.05, 4.69) is 25.4 Å². The molecule has 0 atom stereocenters. The van der Waals surface area contributed by atoms with Crippen LogP contribution in [0, 0.1) is 13.8 Å². The topological polar surface area (TPSA) is 85.1 Å². The van der Waals surface area contributed by atoms with E-state index in [4.69, 9.17) is 0 Å². The van der Waals surface area contributed by atoms with Crippen molar-refractivity contribution in [2.45, 2.75) is 13.8 Å². The van der Waals surface area contributed by atoms with Gasteiger partial charge in [-0.3, -0.25) is 10.1 Å². The van der Waals surface area contributed by atoms with E-state index in [1.165, 1.54) is 11.3 Å². The fraction of sp³-hybridized carbons (Fsp3) is 0.133. The fourth-order valence-electron chi connectivity index (χ4n) is 2.34. The normalized spacial score (nSPS) is 11.2. The summed E-state index contributed by atoms with van der Waals surface area (Å²) in [6.07, 6.45) is 0. The minimum Gasteiger partial charge on any atom is -0.295 e. The minimum atomic E-state index is -0.397. The predicted molar refractivity (Wildman–Crippen MR) is 87.8 cm³/mol. The number of benzene rings is 1. The maximum absolute atomic E-state index is 12.3. The molecule has 1 amide bonds. The van der Waals surface area contributed by atoms with Gasteiger partial charge >= 0.3 is 0 Å². The van der Waals surface area contributed by atoms with Crippen LogP contribution in [0.5, 0.6) is 0 Å². The van der Waals surface area contributed by atoms with Crippen LogP contribution in [0.4, 0.5) is 5.13 Å². The highest BCUT2D eigenvalue weighted by molar-refractivity contribution is 7.22. The molecule has 0 unspecified atom stereocenters. The Hall–Kier alpha value is -2.87. The monoisotopic (exact) mass is 324 g/mol. The van der Waals surface area contributed by atoms with Crippen molar-refractivity contribution in [2.75, 3.05) is 5.32 Å². The van der Waals surface area contributed by atoms with Crippen molar-refractivity contribution >= 4 is 38.4 Å². The summed E-state index contributed by atoms with van der Waals surface area (Å²) >= 11 is 1.41.